The molecule has 2 aliphatic rings. The van der Waals surface area contributed by atoms with Gasteiger partial charge in [0.1, 0.15) is 17.3 Å². The van der Waals surface area contributed by atoms with E-state index < -0.39 is 17.6 Å². The van der Waals surface area contributed by atoms with Gasteiger partial charge in [-0.25, -0.2) is 13.6 Å². The van der Waals surface area contributed by atoms with Crippen molar-refractivity contribution in [3.63, 3.8) is 0 Å². The Morgan fingerprint density at radius 3 is 2.62 bits per heavy atom. The zero-order chi connectivity index (χ0) is 15.0. The summed E-state index contributed by atoms with van der Waals surface area (Å²) in [4.78, 5) is 13.2. The summed E-state index contributed by atoms with van der Waals surface area (Å²) in [6, 6.07) is 2.25. The molecule has 2 saturated heterocycles. The van der Waals surface area contributed by atoms with Crippen molar-refractivity contribution in [3.8, 4) is 0 Å². The van der Waals surface area contributed by atoms with Gasteiger partial charge in [-0.2, -0.15) is 0 Å². The molecule has 0 aromatic heterocycles. The highest BCUT2D eigenvalue weighted by molar-refractivity contribution is 5.88. The zero-order valence-corrected chi connectivity index (χ0v) is 11.6. The summed E-state index contributed by atoms with van der Waals surface area (Å²) < 4.78 is 27.8. The highest BCUT2D eigenvalue weighted by Gasteiger charge is 2.32. The SMILES string of the molecule is O=C(O)c1cc(F)c(NC2CCN3CCCC3C2)c(F)c1. The summed E-state index contributed by atoms with van der Waals surface area (Å²) in [5.41, 5.74) is -0.586. The molecule has 0 bridgehead atoms. The molecule has 4 nitrogen and oxygen atoms in total. The number of halogens is 2. The van der Waals surface area contributed by atoms with E-state index in [2.05, 4.69) is 10.2 Å². The Morgan fingerprint density at radius 1 is 1.24 bits per heavy atom. The van der Waals surface area contributed by atoms with Gasteiger partial charge in [-0.3, -0.25) is 0 Å². The molecule has 21 heavy (non-hydrogen) atoms. The topological polar surface area (TPSA) is 52.6 Å². The van der Waals surface area contributed by atoms with Crippen LogP contribution in [0, 0.1) is 11.6 Å². The van der Waals surface area contributed by atoms with Crippen LogP contribution in [0.3, 0.4) is 0 Å². The molecule has 2 N–H and O–H groups in total. The molecule has 6 heteroatoms. The average molecular weight is 296 g/mol. The Bertz CT molecular complexity index is 542. The molecule has 2 atom stereocenters. The Labute approximate surface area is 121 Å². The van der Waals surface area contributed by atoms with Crippen LogP contribution >= 0.6 is 0 Å². The molecule has 2 fully saturated rings. The van der Waals surface area contributed by atoms with Crippen LogP contribution in [0.2, 0.25) is 0 Å². The monoisotopic (exact) mass is 296 g/mol. The molecule has 0 spiro atoms. The molecule has 1 aromatic rings. The van der Waals surface area contributed by atoms with Crippen LogP contribution in [0.15, 0.2) is 12.1 Å². The summed E-state index contributed by atoms with van der Waals surface area (Å²) in [6.45, 7) is 2.06. The molecule has 0 saturated carbocycles. The van der Waals surface area contributed by atoms with E-state index in [0.717, 1.165) is 44.5 Å². The van der Waals surface area contributed by atoms with E-state index in [-0.39, 0.29) is 17.3 Å². The van der Waals surface area contributed by atoms with E-state index in [1.807, 2.05) is 0 Å². The van der Waals surface area contributed by atoms with E-state index in [1.54, 1.807) is 0 Å². The smallest absolute Gasteiger partial charge is 0.335 e. The van der Waals surface area contributed by atoms with Gasteiger partial charge < -0.3 is 15.3 Å². The van der Waals surface area contributed by atoms with Gasteiger partial charge in [-0.1, -0.05) is 0 Å². The number of carboxylic acid groups (broad SMARTS) is 1. The third kappa shape index (κ3) is 2.85. The maximum Gasteiger partial charge on any atom is 0.335 e. The first-order chi connectivity index (χ1) is 10.0. The van der Waals surface area contributed by atoms with Crippen molar-refractivity contribution in [2.75, 3.05) is 18.4 Å². The number of aromatic carboxylic acids is 1. The number of fused-ring (bicyclic) bond motifs is 1. The van der Waals surface area contributed by atoms with Crippen LogP contribution in [0.1, 0.15) is 36.0 Å². The highest BCUT2D eigenvalue weighted by Crippen LogP contribution is 2.30. The first kappa shape index (κ1) is 14.3. The fourth-order valence-corrected chi connectivity index (χ4v) is 3.39. The number of anilines is 1. The molecular formula is C15H18F2N2O2. The molecule has 1 aromatic carbocycles. The van der Waals surface area contributed by atoms with Gasteiger partial charge in [-0.15, -0.1) is 0 Å². The predicted octanol–water partition coefficient (Wildman–Crippen LogP) is 2.70. The van der Waals surface area contributed by atoms with E-state index in [1.165, 1.54) is 6.42 Å². The largest absolute Gasteiger partial charge is 0.478 e. The van der Waals surface area contributed by atoms with Crippen molar-refractivity contribution >= 4 is 11.7 Å². The van der Waals surface area contributed by atoms with Gasteiger partial charge in [0, 0.05) is 18.6 Å². The van der Waals surface area contributed by atoms with Crippen LogP contribution in [0.4, 0.5) is 14.5 Å². The van der Waals surface area contributed by atoms with Gasteiger partial charge in [0.2, 0.25) is 0 Å². The lowest BCUT2D eigenvalue weighted by Crippen LogP contribution is -2.43. The van der Waals surface area contributed by atoms with Crippen LogP contribution in [0.5, 0.6) is 0 Å². The number of nitrogens with zero attached hydrogens (tertiary/aromatic N) is 1. The number of hydrogen-bond acceptors (Lipinski definition) is 3. The van der Waals surface area contributed by atoms with Gasteiger partial charge in [0.05, 0.1) is 5.56 Å². The minimum absolute atomic E-state index is 0.0315. The lowest BCUT2D eigenvalue weighted by molar-refractivity contribution is 0.0696. The Morgan fingerprint density at radius 2 is 1.95 bits per heavy atom. The second kappa shape index (κ2) is 5.60. The third-order valence-electron chi connectivity index (χ3n) is 4.46. The number of piperidine rings is 1. The van der Waals surface area contributed by atoms with Gasteiger partial charge in [-0.05, 0) is 44.4 Å². The average Bonchev–Trinajstić information content (AvgIpc) is 2.90. The number of rotatable bonds is 3. The van der Waals surface area contributed by atoms with Crippen molar-refractivity contribution in [3.05, 3.63) is 29.3 Å². The van der Waals surface area contributed by atoms with E-state index in [4.69, 9.17) is 5.11 Å². The Balaban J connectivity index is 1.74. The quantitative estimate of drug-likeness (QED) is 0.900. The van der Waals surface area contributed by atoms with Crippen LogP contribution in [-0.4, -0.2) is 41.1 Å². The van der Waals surface area contributed by atoms with Crippen LogP contribution in [-0.2, 0) is 0 Å². The summed E-state index contributed by atoms with van der Waals surface area (Å²) in [6.07, 6.45) is 4.05. The first-order valence-corrected chi connectivity index (χ1v) is 7.27. The molecule has 2 heterocycles. The molecule has 3 rings (SSSR count). The molecule has 2 aliphatic heterocycles. The van der Waals surface area contributed by atoms with Crippen molar-refractivity contribution < 1.29 is 18.7 Å². The molecule has 0 radical (unpaired) electrons. The molecule has 0 aliphatic carbocycles. The number of nitrogens with one attached hydrogen (secondary N) is 1. The lowest BCUT2D eigenvalue weighted by atomic mass is 9.97. The summed E-state index contributed by atoms with van der Waals surface area (Å²) >= 11 is 0. The Hall–Kier alpha value is -1.69. The fraction of sp³-hybridized carbons (Fsp3) is 0.533. The molecule has 114 valence electrons. The fourth-order valence-electron chi connectivity index (χ4n) is 3.39. The summed E-state index contributed by atoms with van der Waals surface area (Å²) in [5, 5.41) is 11.7. The number of hydrogen-bond donors (Lipinski definition) is 2. The van der Waals surface area contributed by atoms with Crippen molar-refractivity contribution in [2.45, 2.75) is 37.8 Å². The second-order valence-corrected chi connectivity index (χ2v) is 5.82. The van der Waals surface area contributed by atoms with Gasteiger partial charge in [0.15, 0.2) is 0 Å². The Kier molecular flexibility index (Phi) is 3.80. The number of benzene rings is 1. The second-order valence-electron chi connectivity index (χ2n) is 5.82. The standard InChI is InChI=1S/C15H18F2N2O2/c16-12-6-9(15(20)21)7-13(17)14(12)18-10-3-5-19-4-1-2-11(19)8-10/h6-7,10-11,18H,1-5,8H2,(H,20,21). The maximum atomic E-state index is 13.9. The number of carbonyl (C=O) groups is 1. The summed E-state index contributed by atoms with van der Waals surface area (Å²) in [5.74, 6) is -3.03. The minimum atomic E-state index is -1.33. The van der Waals surface area contributed by atoms with Gasteiger partial charge in [0.25, 0.3) is 0 Å². The molecule has 2 unspecified atom stereocenters. The minimum Gasteiger partial charge on any atom is -0.478 e. The summed E-state index contributed by atoms with van der Waals surface area (Å²) in [7, 11) is 0. The van der Waals surface area contributed by atoms with E-state index >= 15 is 0 Å². The lowest BCUT2D eigenvalue weighted by Gasteiger charge is -2.35. The number of carboxylic acids is 1. The van der Waals surface area contributed by atoms with Crippen molar-refractivity contribution in [2.24, 2.45) is 0 Å². The zero-order valence-electron chi connectivity index (χ0n) is 11.6. The maximum absolute atomic E-state index is 13.9. The third-order valence-corrected chi connectivity index (χ3v) is 4.46. The van der Waals surface area contributed by atoms with E-state index in [9.17, 15) is 13.6 Å². The molecular weight excluding hydrogens is 278 g/mol. The van der Waals surface area contributed by atoms with E-state index in [0.29, 0.717) is 6.04 Å². The first-order valence-electron chi connectivity index (χ1n) is 7.27. The predicted molar refractivity (Wildman–Crippen MR) is 74.6 cm³/mol. The highest BCUT2D eigenvalue weighted by atomic mass is 19.1. The van der Waals surface area contributed by atoms with Crippen molar-refractivity contribution in [1.29, 1.82) is 0 Å². The van der Waals surface area contributed by atoms with Gasteiger partial charge >= 0.3 is 5.97 Å². The van der Waals surface area contributed by atoms with Crippen LogP contribution < -0.4 is 5.32 Å². The normalized spacial score (nSPS) is 25.6. The van der Waals surface area contributed by atoms with Crippen LogP contribution in [0.25, 0.3) is 0 Å². The van der Waals surface area contributed by atoms with Crippen molar-refractivity contribution in [1.82, 2.24) is 4.90 Å². The molecule has 0 amide bonds.